The molecule has 1 aromatic rings. The third-order valence-electron chi connectivity index (χ3n) is 2.27. The van der Waals surface area contributed by atoms with E-state index in [-0.39, 0.29) is 0 Å². The highest BCUT2D eigenvalue weighted by Crippen LogP contribution is 2.28. The van der Waals surface area contributed by atoms with Gasteiger partial charge in [0.25, 0.3) is 0 Å². The first-order valence-electron chi connectivity index (χ1n) is 4.80. The Bertz CT molecular complexity index is 359. The van der Waals surface area contributed by atoms with E-state index in [1.54, 1.807) is 0 Å². The molecule has 16 heavy (non-hydrogen) atoms. The molecule has 1 aromatic carbocycles. The van der Waals surface area contributed by atoms with Crippen molar-refractivity contribution in [3.63, 3.8) is 0 Å². The van der Waals surface area contributed by atoms with E-state index in [4.69, 9.17) is 0 Å². The Morgan fingerprint density at radius 1 is 1.31 bits per heavy atom. The quantitative estimate of drug-likeness (QED) is 0.796. The van der Waals surface area contributed by atoms with Gasteiger partial charge in [-0.3, -0.25) is 0 Å². The van der Waals surface area contributed by atoms with Crippen LogP contribution in [0.25, 0.3) is 0 Å². The van der Waals surface area contributed by atoms with Crippen LogP contribution in [-0.4, -0.2) is 11.3 Å². The van der Waals surface area contributed by atoms with Gasteiger partial charge in [-0.15, -0.1) is 0 Å². The molecule has 0 aliphatic heterocycles. The molecule has 0 spiro atoms. The van der Waals surface area contributed by atoms with Crippen molar-refractivity contribution in [1.29, 1.82) is 0 Å². The van der Waals surface area contributed by atoms with Gasteiger partial charge in [0.05, 0.1) is 6.10 Å². The van der Waals surface area contributed by atoms with Gasteiger partial charge in [0.2, 0.25) is 0 Å². The third-order valence-corrected chi connectivity index (χ3v) is 2.27. The molecule has 90 valence electrons. The summed E-state index contributed by atoms with van der Waals surface area (Å²) in [5, 5.41) is 9.48. The van der Waals surface area contributed by atoms with E-state index in [9.17, 15) is 22.7 Å². The van der Waals surface area contributed by atoms with Crippen molar-refractivity contribution >= 4 is 0 Å². The molecule has 0 amide bonds. The van der Waals surface area contributed by atoms with Gasteiger partial charge in [-0.25, -0.2) is 4.39 Å². The van der Waals surface area contributed by atoms with Gasteiger partial charge >= 0.3 is 6.18 Å². The summed E-state index contributed by atoms with van der Waals surface area (Å²) in [6.45, 7) is 1.50. The summed E-state index contributed by atoms with van der Waals surface area (Å²) < 4.78 is 48.6. The van der Waals surface area contributed by atoms with Crippen LogP contribution in [0.4, 0.5) is 17.6 Å². The van der Waals surface area contributed by atoms with Crippen LogP contribution in [0.1, 0.15) is 30.1 Å². The van der Waals surface area contributed by atoms with E-state index in [0.29, 0.717) is 11.1 Å². The molecule has 1 nitrogen and oxygen atoms in total. The molecule has 0 aromatic heterocycles. The number of alkyl halides is 3. The highest BCUT2D eigenvalue weighted by molar-refractivity contribution is 5.25. The van der Waals surface area contributed by atoms with Crippen LogP contribution in [-0.2, 0) is 0 Å². The number of hydrogen-bond donors (Lipinski definition) is 1. The van der Waals surface area contributed by atoms with Crippen LogP contribution in [0.3, 0.4) is 0 Å². The van der Waals surface area contributed by atoms with Crippen LogP contribution in [0, 0.1) is 12.7 Å². The predicted octanol–water partition coefficient (Wildman–Crippen LogP) is 3.51. The molecule has 0 saturated carbocycles. The molecule has 0 radical (unpaired) electrons. The molecule has 0 saturated heterocycles. The number of aryl methyl sites for hydroxylation is 1. The molecule has 0 heterocycles. The Balaban J connectivity index is 2.66. The zero-order chi connectivity index (χ0) is 12.3. The van der Waals surface area contributed by atoms with Crippen molar-refractivity contribution in [2.45, 2.75) is 32.0 Å². The van der Waals surface area contributed by atoms with E-state index in [0.717, 1.165) is 6.07 Å². The number of halogens is 4. The van der Waals surface area contributed by atoms with E-state index < -0.39 is 30.9 Å². The Hall–Kier alpha value is -1.10. The summed E-state index contributed by atoms with van der Waals surface area (Å²) in [5.74, 6) is -0.438. The minimum absolute atomic E-state index is 0.308. The molecular formula is C11H12F4O. The highest BCUT2D eigenvalue weighted by Gasteiger charge is 2.28. The normalized spacial score (nSPS) is 13.9. The molecule has 1 unspecified atom stereocenters. The van der Waals surface area contributed by atoms with Gasteiger partial charge in [-0.1, -0.05) is 12.1 Å². The van der Waals surface area contributed by atoms with Gasteiger partial charge in [0.15, 0.2) is 0 Å². The lowest BCUT2D eigenvalue weighted by Gasteiger charge is -2.13. The first-order chi connectivity index (χ1) is 7.29. The number of benzene rings is 1. The fourth-order valence-corrected chi connectivity index (χ4v) is 1.34. The van der Waals surface area contributed by atoms with Crippen LogP contribution in [0.15, 0.2) is 18.2 Å². The SMILES string of the molecule is Cc1cc(C(O)CCC(F)(F)F)ccc1F. The molecule has 0 aliphatic carbocycles. The van der Waals surface area contributed by atoms with Crippen LogP contribution in [0.5, 0.6) is 0 Å². The second kappa shape index (κ2) is 4.82. The summed E-state index contributed by atoms with van der Waals surface area (Å²) in [7, 11) is 0. The summed E-state index contributed by atoms with van der Waals surface area (Å²) in [4.78, 5) is 0. The van der Waals surface area contributed by atoms with Gasteiger partial charge in [0.1, 0.15) is 5.82 Å². The molecule has 1 N–H and O–H groups in total. The lowest BCUT2D eigenvalue weighted by molar-refractivity contribution is -0.140. The first-order valence-corrected chi connectivity index (χ1v) is 4.80. The standard InChI is InChI=1S/C11H12F4O/c1-7-6-8(2-3-9(7)12)10(16)4-5-11(13,14)15/h2-3,6,10,16H,4-5H2,1H3. The Kier molecular flexibility index (Phi) is 3.91. The molecule has 0 bridgehead atoms. The number of hydrogen-bond acceptors (Lipinski definition) is 1. The van der Waals surface area contributed by atoms with Crippen molar-refractivity contribution in [2.24, 2.45) is 0 Å². The lowest BCUT2D eigenvalue weighted by Crippen LogP contribution is -2.10. The number of aliphatic hydroxyl groups excluding tert-OH is 1. The zero-order valence-corrected chi connectivity index (χ0v) is 8.68. The summed E-state index contributed by atoms with van der Waals surface area (Å²) in [6, 6.07) is 3.79. The largest absolute Gasteiger partial charge is 0.389 e. The summed E-state index contributed by atoms with van der Waals surface area (Å²) in [5.41, 5.74) is 0.617. The molecule has 0 fully saturated rings. The van der Waals surface area contributed by atoms with E-state index >= 15 is 0 Å². The molecule has 5 heteroatoms. The smallest absolute Gasteiger partial charge is 0.388 e. The highest BCUT2D eigenvalue weighted by atomic mass is 19.4. The van der Waals surface area contributed by atoms with E-state index in [2.05, 4.69) is 0 Å². The van der Waals surface area contributed by atoms with Gasteiger partial charge in [-0.05, 0) is 30.5 Å². The first kappa shape index (κ1) is 13.0. The number of rotatable bonds is 3. The Labute approximate surface area is 90.7 Å². The van der Waals surface area contributed by atoms with Gasteiger partial charge < -0.3 is 5.11 Å². The van der Waals surface area contributed by atoms with Crippen molar-refractivity contribution in [3.05, 3.63) is 35.1 Å². The number of aliphatic hydroxyl groups is 1. The van der Waals surface area contributed by atoms with Crippen LogP contribution in [0.2, 0.25) is 0 Å². The van der Waals surface area contributed by atoms with E-state index in [1.165, 1.54) is 19.1 Å². The van der Waals surface area contributed by atoms with Gasteiger partial charge in [0, 0.05) is 6.42 Å². The monoisotopic (exact) mass is 236 g/mol. The summed E-state index contributed by atoms with van der Waals surface area (Å²) >= 11 is 0. The van der Waals surface area contributed by atoms with Crippen molar-refractivity contribution < 1.29 is 22.7 Å². The summed E-state index contributed by atoms with van der Waals surface area (Å²) in [6.07, 6.45) is -6.95. The van der Waals surface area contributed by atoms with Crippen molar-refractivity contribution in [3.8, 4) is 0 Å². The maximum absolute atomic E-state index is 12.9. The van der Waals surface area contributed by atoms with Crippen molar-refractivity contribution in [1.82, 2.24) is 0 Å². The van der Waals surface area contributed by atoms with Crippen LogP contribution >= 0.6 is 0 Å². The minimum atomic E-state index is -4.28. The van der Waals surface area contributed by atoms with Gasteiger partial charge in [-0.2, -0.15) is 13.2 Å². The van der Waals surface area contributed by atoms with E-state index in [1.807, 2.05) is 0 Å². The average Bonchev–Trinajstić information content (AvgIpc) is 2.17. The minimum Gasteiger partial charge on any atom is -0.388 e. The average molecular weight is 236 g/mol. The zero-order valence-electron chi connectivity index (χ0n) is 8.68. The Morgan fingerprint density at radius 2 is 1.94 bits per heavy atom. The second-order valence-corrected chi connectivity index (χ2v) is 3.68. The second-order valence-electron chi connectivity index (χ2n) is 3.68. The van der Waals surface area contributed by atoms with Crippen LogP contribution < -0.4 is 0 Å². The van der Waals surface area contributed by atoms with Crippen molar-refractivity contribution in [2.75, 3.05) is 0 Å². The fraction of sp³-hybridized carbons (Fsp3) is 0.455. The molecular weight excluding hydrogens is 224 g/mol. The lowest BCUT2D eigenvalue weighted by atomic mass is 10.0. The maximum atomic E-state index is 12.9. The molecule has 1 rings (SSSR count). The molecule has 1 atom stereocenters. The fourth-order valence-electron chi connectivity index (χ4n) is 1.34. The predicted molar refractivity (Wildman–Crippen MR) is 51.4 cm³/mol. The third kappa shape index (κ3) is 3.81. The Morgan fingerprint density at radius 3 is 2.44 bits per heavy atom. The topological polar surface area (TPSA) is 20.2 Å². The molecule has 0 aliphatic rings. The maximum Gasteiger partial charge on any atom is 0.389 e.